The van der Waals surface area contributed by atoms with Crippen LogP contribution in [0.2, 0.25) is 0 Å². The number of nitriles is 1. The van der Waals surface area contributed by atoms with Gasteiger partial charge in [0.15, 0.2) is 0 Å². The minimum atomic E-state index is -0.103. The minimum Gasteiger partial charge on any atom is -0.492 e. The third-order valence-corrected chi connectivity index (χ3v) is 3.10. The van der Waals surface area contributed by atoms with E-state index in [9.17, 15) is 4.79 Å². The van der Waals surface area contributed by atoms with E-state index in [2.05, 4.69) is 11.4 Å². The van der Waals surface area contributed by atoms with E-state index < -0.39 is 0 Å². The fourth-order valence-corrected chi connectivity index (χ4v) is 2.22. The quantitative estimate of drug-likeness (QED) is 0.885. The number of nitrogens with zero attached hydrogens (tertiary/aromatic N) is 1. The van der Waals surface area contributed by atoms with E-state index in [-0.39, 0.29) is 11.8 Å². The van der Waals surface area contributed by atoms with Crippen molar-refractivity contribution in [2.75, 3.05) is 11.9 Å². The lowest BCUT2D eigenvalue weighted by atomic mass is 9.89. The van der Waals surface area contributed by atoms with E-state index >= 15 is 0 Å². The second-order valence-corrected chi connectivity index (χ2v) is 4.31. The summed E-state index contributed by atoms with van der Waals surface area (Å²) in [7, 11) is 0. The van der Waals surface area contributed by atoms with Crippen molar-refractivity contribution >= 4 is 11.6 Å². The average molecular weight is 244 g/mol. The van der Waals surface area contributed by atoms with Crippen LogP contribution in [0.1, 0.15) is 25.3 Å². The summed E-state index contributed by atoms with van der Waals surface area (Å²) >= 11 is 0. The number of para-hydroxylation sites is 1. The van der Waals surface area contributed by atoms with Gasteiger partial charge in [-0.25, -0.2) is 0 Å². The number of fused-ring (bicyclic) bond motifs is 1. The number of amides is 1. The fraction of sp³-hybridized carbons (Fsp3) is 0.429. The molecule has 0 saturated heterocycles. The Hall–Kier alpha value is -2.02. The third kappa shape index (κ3) is 2.45. The lowest BCUT2D eigenvalue weighted by molar-refractivity contribution is -0.120. The number of ether oxygens (including phenoxy) is 1. The molecule has 0 bridgehead atoms. The summed E-state index contributed by atoms with van der Waals surface area (Å²) in [6.45, 7) is 2.49. The van der Waals surface area contributed by atoms with Gasteiger partial charge in [-0.3, -0.25) is 4.79 Å². The Kier molecular flexibility index (Phi) is 3.83. The highest BCUT2D eigenvalue weighted by molar-refractivity contribution is 5.97. The summed E-state index contributed by atoms with van der Waals surface area (Å²) in [6, 6.07) is 7.88. The Morgan fingerprint density at radius 1 is 1.56 bits per heavy atom. The van der Waals surface area contributed by atoms with Crippen LogP contribution < -0.4 is 10.1 Å². The van der Waals surface area contributed by atoms with Gasteiger partial charge in [-0.2, -0.15) is 5.26 Å². The molecule has 0 spiro atoms. The number of benzene rings is 1. The van der Waals surface area contributed by atoms with Crippen molar-refractivity contribution in [1.82, 2.24) is 0 Å². The second-order valence-electron chi connectivity index (χ2n) is 4.31. The molecule has 0 aromatic heterocycles. The van der Waals surface area contributed by atoms with Crippen LogP contribution in [0, 0.1) is 17.2 Å². The lowest BCUT2D eigenvalue weighted by Gasteiger charge is -2.25. The van der Waals surface area contributed by atoms with E-state index in [4.69, 9.17) is 10.00 Å². The van der Waals surface area contributed by atoms with Crippen molar-refractivity contribution in [3.63, 3.8) is 0 Å². The predicted octanol–water partition coefficient (Wildman–Crippen LogP) is 2.50. The van der Waals surface area contributed by atoms with Gasteiger partial charge in [-0.05, 0) is 31.4 Å². The summed E-state index contributed by atoms with van der Waals surface area (Å²) in [5.41, 5.74) is 1.88. The molecule has 1 N–H and O–H groups in total. The van der Waals surface area contributed by atoms with E-state index in [1.165, 1.54) is 0 Å². The topological polar surface area (TPSA) is 62.1 Å². The zero-order valence-corrected chi connectivity index (χ0v) is 10.4. The Labute approximate surface area is 107 Å². The second kappa shape index (κ2) is 5.54. The summed E-state index contributed by atoms with van der Waals surface area (Å²) in [5, 5.41) is 11.5. The van der Waals surface area contributed by atoms with Crippen molar-refractivity contribution < 1.29 is 9.53 Å². The Morgan fingerprint density at radius 2 is 2.39 bits per heavy atom. The summed E-state index contributed by atoms with van der Waals surface area (Å²) in [5.74, 6) is 0.612. The predicted molar refractivity (Wildman–Crippen MR) is 68.3 cm³/mol. The fourth-order valence-electron chi connectivity index (χ4n) is 2.22. The highest BCUT2D eigenvalue weighted by Crippen LogP contribution is 2.35. The molecule has 1 aromatic rings. The molecular formula is C14H16N2O2. The molecule has 1 heterocycles. The van der Waals surface area contributed by atoms with Crippen molar-refractivity contribution in [2.45, 2.75) is 26.2 Å². The van der Waals surface area contributed by atoms with Crippen LogP contribution in [0.3, 0.4) is 0 Å². The number of anilines is 1. The summed E-state index contributed by atoms with van der Waals surface area (Å²) in [6.07, 6.45) is 1.71. The molecule has 1 unspecified atom stereocenters. The third-order valence-electron chi connectivity index (χ3n) is 3.10. The van der Waals surface area contributed by atoms with Crippen molar-refractivity contribution in [3.05, 3.63) is 23.8 Å². The van der Waals surface area contributed by atoms with Gasteiger partial charge in [0.1, 0.15) is 5.75 Å². The average Bonchev–Trinajstić information content (AvgIpc) is 2.37. The zero-order chi connectivity index (χ0) is 13.0. The van der Waals surface area contributed by atoms with Crippen LogP contribution in [-0.2, 0) is 11.2 Å². The van der Waals surface area contributed by atoms with Gasteiger partial charge in [-0.15, -0.1) is 0 Å². The molecule has 4 nitrogen and oxygen atoms in total. The molecular weight excluding hydrogens is 228 g/mol. The first-order chi connectivity index (χ1) is 8.76. The van der Waals surface area contributed by atoms with Crippen LogP contribution in [0.4, 0.5) is 5.69 Å². The molecule has 1 atom stereocenters. The normalized spacial score (nSPS) is 17.6. The summed E-state index contributed by atoms with van der Waals surface area (Å²) < 4.78 is 5.50. The Morgan fingerprint density at radius 3 is 3.11 bits per heavy atom. The largest absolute Gasteiger partial charge is 0.492 e. The molecule has 1 aliphatic rings. The van der Waals surface area contributed by atoms with E-state index in [0.29, 0.717) is 25.9 Å². The van der Waals surface area contributed by atoms with Crippen LogP contribution >= 0.6 is 0 Å². The molecule has 0 aliphatic carbocycles. The number of hydrogen-bond donors (Lipinski definition) is 1. The Balaban J connectivity index is 2.22. The molecule has 1 amide bonds. The Bertz CT molecular complexity index is 491. The van der Waals surface area contributed by atoms with Gasteiger partial charge in [0.05, 0.1) is 18.4 Å². The van der Waals surface area contributed by atoms with Gasteiger partial charge >= 0.3 is 0 Å². The minimum absolute atomic E-state index is 0.00935. The smallest absolute Gasteiger partial charge is 0.227 e. The van der Waals surface area contributed by atoms with E-state index in [1.807, 2.05) is 25.1 Å². The van der Waals surface area contributed by atoms with E-state index in [1.54, 1.807) is 0 Å². The highest BCUT2D eigenvalue weighted by atomic mass is 16.5. The summed E-state index contributed by atoms with van der Waals surface area (Å²) in [4.78, 5) is 11.9. The van der Waals surface area contributed by atoms with E-state index in [0.717, 1.165) is 17.0 Å². The number of hydrogen-bond acceptors (Lipinski definition) is 3. The molecule has 0 saturated carbocycles. The molecule has 2 rings (SSSR count). The van der Waals surface area contributed by atoms with Crippen LogP contribution in [0.25, 0.3) is 0 Å². The van der Waals surface area contributed by atoms with Crippen LogP contribution in [0.5, 0.6) is 5.75 Å². The monoisotopic (exact) mass is 244 g/mol. The van der Waals surface area contributed by atoms with Crippen molar-refractivity contribution in [1.29, 1.82) is 5.26 Å². The molecule has 1 aliphatic heterocycles. The van der Waals surface area contributed by atoms with Gasteiger partial charge in [0, 0.05) is 12.3 Å². The van der Waals surface area contributed by atoms with Crippen molar-refractivity contribution in [3.8, 4) is 11.8 Å². The molecule has 0 radical (unpaired) electrons. The standard InChI is InChI=1S/C14H16N2O2/c1-2-18-12-7-3-5-10-9-11(6-4-8-15)14(17)16-13(10)12/h3,5,7,11H,2,4,6,9H2,1H3,(H,16,17). The first-order valence-electron chi connectivity index (χ1n) is 6.18. The maximum atomic E-state index is 11.9. The van der Waals surface area contributed by atoms with Crippen molar-refractivity contribution in [2.24, 2.45) is 5.92 Å². The van der Waals surface area contributed by atoms with Gasteiger partial charge in [-0.1, -0.05) is 12.1 Å². The number of rotatable bonds is 4. The molecule has 94 valence electrons. The first kappa shape index (κ1) is 12.4. The van der Waals surface area contributed by atoms with Crippen LogP contribution in [-0.4, -0.2) is 12.5 Å². The first-order valence-corrected chi connectivity index (χ1v) is 6.18. The zero-order valence-electron chi connectivity index (χ0n) is 10.4. The maximum Gasteiger partial charge on any atom is 0.227 e. The lowest BCUT2D eigenvalue weighted by Crippen LogP contribution is -2.30. The number of carbonyl (C=O) groups is 1. The molecule has 0 fully saturated rings. The molecule has 1 aromatic carbocycles. The molecule has 4 heteroatoms. The van der Waals surface area contributed by atoms with Gasteiger partial charge < -0.3 is 10.1 Å². The maximum absolute atomic E-state index is 11.9. The SMILES string of the molecule is CCOc1cccc2c1NC(=O)C(CCC#N)C2. The number of nitrogens with one attached hydrogen (secondary N) is 1. The highest BCUT2D eigenvalue weighted by Gasteiger charge is 2.27. The van der Waals surface area contributed by atoms with Crippen LogP contribution in [0.15, 0.2) is 18.2 Å². The van der Waals surface area contributed by atoms with Gasteiger partial charge in [0.25, 0.3) is 0 Å². The number of carbonyl (C=O) groups excluding carboxylic acids is 1. The van der Waals surface area contributed by atoms with Gasteiger partial charge in [0.2, 0.25) is 5.91 Å². The molecule has 18 heavy (non-hydrogen) atoms.